The lowest BCUT2D eigenvalue weighted by molar-refractivity contribution is -0.138. The van der Waals surface area contributed by atoms with E-state index < -0.39 is 22.9 Å². The monoisotopic (exact) mass is 491 g/mol. The fourth-order valence-electron chi connectivity index (χ4n) is 4.94. The zero-order chi connectivity index (χ0) is 25.1. The Morgan fingerprint density at radius 3 is 2.54 bits per heavy atom. The Labute approximate surface area is 206 Å². The van der Waals surface area contributed by atoms with Gasteiger partial charge in [-0.15, -0.1) is 0 Å². The standard InChI is InChI=1S/C26H22ClN3O5/c1-14-12-19-20(23(31)29(14)2)26(21(22(28)35-19)24(32)34-3)16-9-5-7-11-18(16)30(25(26)33)13-15-8-4-6-10-17(15)27/h4-12H,13,28H2,1-3H3/t26-/m0/s1. The van der Waals surface area contributed by atoms with Crippen molar-refractivity contribution in [2.75, 3.05) is 12.0 Å². The molecule has 178 valence electrons. The van der Waals surface area contributed by atoms with Crippen LogP contribution in [-0.2, 0) is 33.3 Å². The molecule has 0 saturated heterocycles. The van der Waals surface area contributed by atoms with Gasteiger partial charge in [0, 0.05) is 35.1 Å². The van der Waals surface area contributed by atoms with Crippen molar-refractivity contribution in [3.05, 3.63) is 104 Å². The van der Waals surface area contributed by atoms with Gasteiger partial charge in [0.2, 0.25) is 11.8 Å². The summed E-state index contributed by atoms with van der Waals surface area (Å²) in [6.45, 7) is 1.86. The Balaban J connectivity index is 1.88. The summed E-state index contributed by atoms with van der Waals surface area (Å²) in [5.41, 5.74) is 5.98. The number of rotatable bonds is 3. The van der Waals surface area contributed by atoms with Crippen LogP contribution in [0.5, 0.6) is 5.75 Å². The van der Waals surface area contributed by atoms with E-state index in [2.05, 4.69) is 0 Å². The highest BCUT2D eigenvalue weighted by molar-refractivity contribution is 6.31. The molecule has 0 fully saturated rings. The molecule has 1 amide bonds. The Morgan fingerprint density at radius 1 is 1.14 bits per heavy atom. The third kappa shape index (κ3) is 3.03. The maximum absolute atomic E-state index is 14.5. The van der Waals surface area contributed by atoms with Gasteiger partial charge in [-0.25, -0.2) is 4.79 Å². The highest BCUT2D eigenvalue weighted by Crippen LogP contribution is 2.55. The largest absolute Gasteiger partial charge is 0.465 e. The van der Waals surface area contributed by atoms with Crippen LogP contribution >= 0.6 is 11.6 Å². The molecule has 2 N–H and O–H groups in total. The van der Waals surface area contributed by atoms with Crippen molar-refractivity contribution in [3.8, 4) is 5.75 Å². The lowest BCUT2D eigenvalue weighted by Gasteiger charge is -2.35. The summed E-state index contributed by atoms with van der Waals surface area (Å²) in [5, 5.41) is 0.487. The average Bonchev–Trinajstić information content (AvgIpc) is 3.07. The number of benzene rings is 2. The van der Waals surface area contributed by atoms with Gasteiger partial charge in [-0.05, 0) is 24.6 Å². The van der Waals surface area contributed by atoms with Crippen molar-refractivity contribution in [1.82, 2.24) is 4.57 Å². The van der Waals surface area contributed by atoms with E-state index in [-0.39, 0.29) is 29.3 Å². The second-order valence-corrected chi connectivity index (χ2v) is 8.88. The number of amides is 1. The number of fused-ring (bicyclic) bond motifs is 4. The van der Waals surface area contributed by atoms with E-state index in [0.717, 1.165) is 0 Å². The number of nitrogens with zero attached hydrogens (tertiary/aromatic N) is 2. The number of methoxy groups -OCH3 is 1. The third-order valence-corrected chi connectivity index (χ3v) is 7.06. The molecule has 8 nitrogen and oxygen atoms in total. The summed E-state index contributed by atoms with van der Waals surface area (Å²) in [6, 6.07) is 15.8. The van der Waals surface area contributed by atoms with Crippen LogP contribution in [0.25, 0.3) is 0 Å². The molecule has 35 heavy (non-hydrogen) atoms. The number of esters is 1. The fraction of sp³-hybridized carbons (Fsp3) is 0.192. The zero-order valence-electron chi connectivity index (χ0n) is 19.3. The summed E-state index contributed by atoms with van der Waals surface area (Å²) < 4.78 is 12.2. The molecule has 1 spiro atoms. The Hall–Kier alpha value is -4.04. The molecule has 9 heteroatoms. The van der Waals surface area contributed by atoms with Crippen molar-refractivity contribution < 1.29 is 19.1 Å². The molecule has 3 heterocycles. The summed E-state index contributed by atoms with van der Waals surface area (Å²) >= 11 is 6.41. The van der Waals surface area contributed by atoms with Gasteiger partial charge in [-0.1, -0.05) is 48.0 Å². The predicted octanol–water partition coefficient (Wildman–Crippen LogP) is 2.92. The van der Waals surface area contributed by atoms with Crippen LogP contribution in [0.15, 0.2) is 70.8 Å². The van der Waals surface area contributed by atoms with Crippen LogP contribution in [0, 0.1) is 6.92 Å². The van der Waals surface area contributed by atoms with Crippen LogP contribution < -0.4 is 20.9 Å². The zero-order valence-corrected chi connectivity index (χ0v) is 20.1. The number of carbonyl (C=O) groups is 2. The normalized spacial score (nSPS) is 18.4. The Bertz CT molecular complexity index is 1510. The first kappa shape index (κ1) is 22.7. The van der Waals surface area contributed by atoms with Crippen molar-refractivity contribution >= 4 is 29.2 Å². The van der Waals surface area contributed by atoms with Crippen molar-refractivity contribution in [1.29, 1.82) is 0 Å². The highest BCUT2D eigenvalue weighted by atomic mass is 35.5. The minimum absolute atomic E-state index is 0.0132. The third-order valence-electron chi connectivity index (χ3n) is 6.69. The van der Waals surface area contributed by atoms with E-state index in [4.69, 9.17) is 26.8 Å². The van der Waals surface area contributed by atoms with Crippen LogP contribution in [0.2, 0.25) is 5.02 Å². The second kappa shape index (κ2) is 8.02. The minimum atomic E-state index is -1.86. The van der Waals surface area contributed by atoms with E-state index in [1.807, 2.05) is 12.1 Å². The van der Waals surface area contributed by atoms with Crippen molar-refractivity contribution in [2.24, 2.45) is 12.8 Å². The molecule has 2 aliphatic rings. The molecule has 3 aromatic rings. The number of anilines is 1. The van der Waals surface area contributed by atoms with Gasteiger partial charge in [0.15, 0.2) is 0 Å². The molecule has 0 radical (unpaired) electrons. The first-order chi connectivity index (χ1) is 16.7. The van der Waals surface area contributed by atoms with Crippen molar-refractivity contribution in [2.45, 2.75) is 18.9 Å². The van der Waals surface area contributed by atoms with Crippen LogP contribution in [0.3, 0.4) is 0 Å². The van der Waals surface area contributed by atoms with Gasteiger partial charge in [0.05, 0.1) is 19.2 Å². The molecule has 0 unspecified atom stereocenters. The number of para-hydroxylation sites is 1. The number of hydrogen-bond donors (Lipinski definition) is 1. The van der Waals surface area contributed by atoms with E-state index in [9.17, 15) is 14.4 Å². The molecule has 2 aromatic carbocycles. The number of pyridine rings is 1. The summed E-state index contributed by atoms with van der Waals surface area (Å²) in [4.78, 5) is 42.9. The van der Waals surface area contributed by atoms with Crippen LogP contribution in [0.4, 0.5) is 5.69 Å². The number of halogens is 1. The summed E-state index contributed by atoms with van der Waals surface area (Å²) in [6.07, 6.45) is 0. The summed E-state index contributed by atoms with van der Waals surface area (Å²) in [7, 11) is 2.78. The molecule has 2 aliphatic heterocycles. The quantitative estimate of drug-likeness (QED) is 0.565. The first-order valence-corrected chi connectivity index (χ1v) is 11.2. The Kier molecular flexibility index (Phi) is 5.21. The smallest absolute Gasteiger partial charge is 0.340 e. The van der Waals surface area contributed by atoms with Gasteiger partial charge in [-0.3, -0.25) is 9.59 Å². The summed E-state index contributed by atoms with van der Waals surface area (Å²) in [5.74, 6) is -1.55. The lowest BCUT2D eigenvalue weighted by Crippen LogP contribution is -2.51. The number of nitrogens with two attached hydrogens (primary N) is 1. The highest BCUT2D eigenvalue weighted by Gasteiger charge is 2.62. The molecular weight excluding hydrogens is 470 g/mol. The van der Waals surface area contributed by atoms with Gasteiger partial charge >= 0.3 is 5.97 Å². The Morgan fingerprint density at radius 2 is 1.83 bits per heavy atom. The van der Waals surface area contributed by atoms with E-state index in [1.165, 1.54) is 16.6 Å². The van der Waals surface area contributed by atoms with Crippen LogP contribution in [0.1, 0.15) is 22.4 Å². The topological polar surface area (TPSA) is 104 Å². The van der Waals surface area contributed by atoms with E-state index in [1.54, 1.807) is 56.4 Å². The number of carbonyl (C=O) groups excluding carboxylic acids is 2. The SMILES string of the molecule is COC(=O)C1=C(N)Oc2cc(C)n(C)c(=O)c2[C@]12C(=O)N(Cc1ccccc1Cl)c1ccccc12. The van der Waals surface area contributed by atoms with Crippen LogP contribution in [-0.4, -0.2) is 23.6 Å². The molecule has 5 rings (SSSR count). The molecule has 0 saturated carbocycles. The predicted molar refractivity (Wildman–Crippen MR) is 130 cm³/mol. The number of hydrogen-bond acceptors (Lipinski definition) is 6. The average molecular weight is 492 g/mol. The van der Waals surface area contributed by atoms with Gasteiger partial charge in [-0.2, -0.15) is 0 Å². The number of aromatic nitrogens is 1. The fourth-order valence-corrected chi connectivity index (χ4v) is 5.14. The maximum Gasteiger partial charge on any atom is 0.340 e. The number of aryl methyl sites for hydroxylation is 1. The van der Waals surface area contributed by atoms with Gasteiger partial charge < -0.3 is 24.7 Å². The second-order valence-electron chi connectivity index (χ2n) is 8.47. The molecular formula is C26H22ClN3O5. The van der Waals surface area contributed by atoms with Gasteiger partial charge in [0.1, 0.15) is 16.7 Å². The molecule has 1 atom stereocenters. The van der Waals surface area contributed by atoms with E-state index >= 15 is 0 Å². The van der Waals surface area contributed by atoms with E-state index in [0.29, 0.717) is 27.5 Å². The minimum Gasteiger partial charge on any atom is -0.465 e. The van der Waals surface area contributed by atoms with Gasteiger partial charge in [0.25, 0.3) is 5.56 Å². The maximum atomic E-state index is 14.5. The number of ether oxygens (including phenoxy) is 2. The first-order valence-electron chi connectivity index (χ1n) is 10.9. The molecule has 0 aliphatic carbocycles. The molecule has 0 bridgehead atoms. The molecule has 1 aromatic heterocycles. The van der Waals surface area contributed by atoms with Crippen molar-refractivity contribution in [3.63, 3.8) is 0 Å². The lowest BCUT2D eigenvalue weighted by atomic mass is 9.68.